The number of hydrogen-bond donors (Lipinski definition) is 0. The van der Waals surface area contributed by atoms with Crippen LogP contribution in [-0.4, -0.2) is 11.7 Å². The molecule has 116 valence electrons. The summed E-state index contributed by atoms with van der Waals surface area (Å²) in [4.78, 5) is 16.3. The lowest BCUT2D eigenvalue weighted by atomic mass is 9.99. The van der Waals surface area contributed by atoms with E-state index in [0.29, 0.717) is 12.1 Å². The first-order chi connectivity index (χ1) is 11.8. The van der Waals surface area contributed by atoms with Gasteiger partial charge in [-0.3, -0.25) is 4.99 Å². The van der Waals surface area contributed by atoms with Crippen molar-refractivity contribution in [1.29, 1.82) is 0 Å². The number of benzene rings is 3. The average Bonchev–Trinajstić information content (AvgIpc) is 2.94. The largest absolute Gasteiger partial charge is 0.545 e. The van der Waals surface area contributed by atoms with Crippen LogP contribution >= 0.6 is 0 Å². The third-order valence-electron chi connectivity index (χ3n) is 4.25. The molecule has 3 nitrogen and oxygen atoms in total. The molecule has 0 aliphatic heterocycles. The molecule has 0 saturated heterocycles. The highest BCUT2D eigenvalue weighted by molar-refractivity contribution is 6.26. The molecule has 0 fully saturated rings. The second-order valence-corrected chi connectivity index (χ2v) is 5.71. The average molecular weight is 312 g/mol. The number of nitrogens with zero attached hydrogens (tertiary/aromatic N) is 1. The number of carbonyl (C=O) groups is 1. The van der Waals surface area contributed by atoms with E-state index < -0.39 is 5.97 Å². The fraction of sp³-hybridized carbons (Fsp3) is 0.0476. The van der Waals surface area contributed by atoms with Crippen LogP contribution in [-0.2, 0) is 6.54 Å². The molecule has 3 aromatic carbocycles. The molecule has 1 aliphatic carbocycles. The van der Waals surface area contributed by atoms with Crippen LogP contribution in [0.2, 0.25) is 0 Å². The summed E-state index contributed by atoms with van der Waals surface area (Å²) in [6, 6.07) is 23.0. The van der Waals surface area contributed by atoms with E-state index in [2.05, 4.69) is 0 Å². The lowest BCUT2D eigenvalue weighted by Gasteiger charge is -2.09. The molecule has 24 heavy (non-hydrogen) atoms. The predicted molar refractivity (Wildman–Crippen MR) is 92.0 cm³/mol. The van der Waals surface area contributed by atoms with E-state index in [4.69, 9.17) is 4.99 Å². The van der Waals surface area contributed by atoms with Gasteiger partial charge >= 0.3 is 0 Å². The standard InChI is InChI=1S/C21H15NO2/c23-21(24)18-12-6-11-17-19(18)15-9-4-5-10-16(15)20(17)22-13-14-7-2-1-3-8-14/h1-12H,13H2,(H,23,24)/p-1. The number of hydrogen-bond acceptors (Lipinski definition) is 3. The molecule has 1 aliphatic rings. The maximum absolute atomic E-state index is 11.5. The predicted octanol–water partition coefficient (Wildman–Crippen LogP) is 3.07. The van der Waals surface area contributed by atoms with Gasteiger partial charge in [-0.15, -0.1) is 0 Å². The molecule has 0 spiro atoms. The smallest absolute Gasteiger partial charge is 0.0735 e. The Labute approximate surface area is 139 Å². The highest BCUT2D eigenvalue weighted by Gasteiger charge is 2.26. The second-order valence-electron chi connectivity index (χ2n) is 5.71. The van der Waals surface area contributed by atoms with E-state index in [-0.39, 0.29) is 5.56 Å². The van der Waals surface area contributed by atoms with E-state index in [0.717, 1.165) is 28.0 Å². The number of fused-ring (bicyclic) bond motifs is 3. The fourth-order valence-corrected chi connectivity index (χ4v) is 3.19. The summed E-state index contributed by atoms with van der Waals surface area (Å²) in [5, 5.41) is 11.5. The molecular weight excluding hydrogens is 298 g/mol. The van der Waals surface area contributed by atoms with Crippen LogP contribution in [0.15, 0.2) is 77.8 Å². The Hall–Kier alpha value is -3.20. The number of carbonyl (C=O) groups excluding carboxylic acids is 1. The molecule has 0 aromatic heterocycles. The minimum absolute atomic E-state index is 0.213. The van der Waals surface area contributed by atoms with Gasteiger partial charge in [-0.1, -0.05) is 72.8 Å². The number of aliphatic imine (C=N–C) groups is 1. The summed E-state index contributed by atoms with van der Waals surface area (Å²) in [5.41, 5.74) is 5.61. The SMILES string of the molecule is O=C([O-])c1cccc2c1-c1ccccc1C2=NCc1ccccc1. The van der Waals surface area contributed by atoms with Crippen molar-refractivity contribution >= 4 is 11.7 Å². The molecule has 0 N–H and O–H groups in total. The van der Waals surface area contributed by atoms with Crippen molar-refractivity contribution in [3.63, 3.8) is 0 Å². The van der Waals surface area contributed by atoms with E-state index in [9.17, 15) is 9.90 Å². The molecule has 0 saturated carbocycles. The summed E-state index contributed by atoms with van der Waals surface area (Å²) in [5.74, 6) is -1.16. The van der Waals surface area contributed by atoms with Crippen LogP contribution in [0.3, 0.4) is 0 Å². The Kier molecular flexibility index (Phi) is 3.47. The first-order valence-corrected chi connectivity index (χ1v) is 7.78. The lowest BCUT2D eigenvalue weighted by molar-refractivity contribution is -0.254. The first-order valence-electron chi connectivity index (χ1n) is 7.78. The fourth-order valence-electron chi connectivity index (χ4n) is 3.19. The molecule has 0 bridgehead atoms. The third-order valence-corrected chi connectivity index (χ3v) is 4.25. The van der Waals surface area contributed by atoms with Crippen LogP contribution in [0, 0.1) is 0 Å². The Balaban J connectivity index is 1.88. The first kappa shape index (κ1) is 14.4. The van der Waals surface area contributed by atoms with Crippen molar-refractivity contribution in [3.05, 3.63) is 95.1 Å². The second kappa shape index (κ2) is 5.78. The van der Waals surface area contributed by atoms with Crippen molar-refractivity contribution in [2.45, 2.75) is 6.54 Å². The van der Waals surface area contributed by atoms with Gasteiger partial charge in [0, 0.05) is 22.3 Å². The van der Waals surface area contributed by atoms with Crippen molar-refractivity contribution in [2.75, 3.05) is 0 Å². The molecule has 0 unspecified atom stereocenters. The zero-order valence-corrected chi connectivity index (χ0v) is 12.9. The minimum Gasteiger partial charge on any atom is -0.545 e. The zero-order chi connectivity index (χ0) is 16.5. The quantitative estimate of drug-likeness (QED) is 0.584. The zero-order valence-electron chi connectivity index (χ0n) is 12.9. The van der Waals surface area contributed by atoms with Crippen LogP contribution in [0.4, 0.5) is 0 Å². The lowest BCUT2D eigenvalue weighted by Crippen LogP contribution is -2.23. The molecule has 4 rings (SSSR count). The number of carboxylic acid groups (broad SMARTS) is 1. The van der Waals surface area contributed by atoms with Crippen molar-refractivity contribution in [1.82, 2.24) is 0 Å². The summed E-state index contributed by atoms with van der Waals surface area (Å²) in [6.07, 6.45) is 0. The van der Waals surface area contributed by atoms with Gasteiger partial charge in [-0.25, -0.2) is 0 Å². The van der Waals surface area contributed by atoms with E-state index >= 15 is 0 Å². The van der Waals surface area contributed by atoms with E-state index in [1.165, 1.54) is 0 Å². The topological polar surface area (TPSA) is 52.5 Å². The van der Waals surface area contributed by atoms with Crippen LogP contribution in [0.1, 0.15) is 27.0 Å². The van der Waals surface area contributed by atoms with Crippen molar-refractivity contribution in [2.24, 2.45) is 4.99 Å². The summed E-state index contributed by atoms with van der Waals surface area (Å²) in [6.45, 7) is 0.555. The molecule has 0 atom stereocenters. The summed E-state index contributed by atoms with van der Waals surface area (Å²) >= 11 is 0. The minimum atomic E-state index is -1.16. The maximum atomic E-state index is 11.5. The van der Waals surface area contributed by atoms with Crippen LogP contribution < -0.4 is 5.11 Å². The third kappa shape index (κ3) is 2.31. The van der Waals surface area contributed by atoms with Crippen LogP contribution in [0.5, 0.6) is 0 Å². The highest BCUT2D eigenvalue weighted by Crippen LogP contribution is 2.39. The Morgan fingerprint density at radius 1 is 0.792 bits per heavy atom. The molecule has 3 heteroatoms. The Bertz CT molecular complexity index is 959. The van der Waals surface area contributed by atoms with Gasteiger partial charge in [0.15, 0.2) is 0 Å². The Morgan fingerprint density at radius 3 is 2.21 bits per heavy atom. The molecule has 0 amide bonds. The number of carboxylic acids is 1. The highest BCUT2D eigenvalue weighted by atomic mass is 16.4. The van der Waals surface area contributed by atoms with Crippen molar-refractivity contribution in [3.8, 4) is 11.1 Å². The van der Waals surface area contributed by atoms with Gasteiger partial charge in [0.2, 0.25) is 0 Å². The normalized spacial score (nSPS) is 13.6. The monoisotopic (exact) mass is 312 g/mol. The van der Waals surface area contributed by atoms with E-state index in [1.807, 2.05) is 60.7 Å². The summed E-state index contributed by atoms with van der Waals surface area (Å²) < 4.78 is 0. The van der Waals surface area contributed by atoms with Gasteiger partial charge in [0.1, 0.15) is 0 Å². The van der Waals surface area contributed by atoms with Crippen molar-refractivity contribution < 1.29 is 9.90 Å². The van der Waals surface area contributed by atoms with E-state index in [1.54, 1.807) is 12.1 Å². The maximum Gasteiger partial charge on any atom is 0.0735 e. The van der Waals surface area contributed by atoms with Gasteiger partial charge in [0.05, 0.1) is 18.2 Å². The Morgan fingerprint density at radius 2 is 1.46 bits per heavy atom. The van der Waals surface area contributed by atoms with Gasteiger partial charge in [0.25, 0.3) is 0 Å². The number of aromatic carboxylic acids is 1. The molecule has 0 heterocycles. The number of rotatable bonds is 3. The van der Waals surface area contributed by atoms with Gasteiger partial charge < -0.3 is 9.90 Å². The van der Waals surface area contributed by atoms with Gasteiger partial charge in [-0.2, -0.15) is 0 Å². The van der Waals surface area contributed by atoms with Gasteiger partial charge in [-0.05, 0) is 11.1 Å². The summed E-state index contributed by atoms with van der Waals surface area (Å²) in [7, 11) is 0. The molecular formula is C21H14NO2-. The van der Waals surface area contributed by atoms with Crippen LogP contribution in [0.25, 0.3) is 11.1 Å². The molecule has 0 radical (unpaired) electrons. The molecule has 3 aromatic rings.